The van der Waals surface area contributed by atoms with Crippen LogP contribution in [0, 0.1) is 5.21 Å². The Morgan fingerprint density at radius 1 is 1.06 bits per heavy atom. The summed E-state index contributed by atoms with van der Waals surface area (Å²) in [5, 5.41) is 12.0. The zero-order valence-corrected chi connectivity index (χ0v) is 8.83. The van der Waals surface area contributed by atoms with Crippen LogP contribution in [-0.4, -0.2) is 21.2 Å². The predicted molar refractivity (Wildman–Crippen MR) is 62.4 cm³/mol. The van der Waals surface area contributed by atoms with Gasteiger partial charge >= 0.3 is 0 Å². The van der Waals surface area contributed by atoms with E-state index in [0.717, 1.165) is 0 Å². The van der Waals surface area contributed by atoms with Gasteiger partial charge in [0.2, 0.25) is 5.69 Å². The number of aromatic nitrogens is 1. The Kier molecular flexibility index (Phi) is 2.01. The van der Waals surface area contributed by atoms with Crippen molar-refractivity contribution < 1.29 is 9.53 Å². The molecule has 0 saturated carbocycles. The lowest BCUT2D eigenvalue weighted by Gasteiger charge is -2.00. The molecule has 0 spiro atoms. The molecule has 0 bridgehead atoms. The van der Waals surface area contributed by atoms with Crippen molar-refractivity contribution in [3.63, 3.8) is 0 Å². The van der Waals surface area contributed by atoms with Gasteiger partial charge in [-0.05, 0) is 18.2 Å². The highest BCUT2D eigenvalue weighted by atomic mass is 16.5. The summed E-state index contributed by atoms with van der Waals surface area (Å²) in [6.07, 6.45) is 1.51. The van der Waals surface area contributed by atoms with Crippen molar-refractivity contribution in [1.29, 1.82) is 0 Å². The van der Waals surface area contributed by atoms with Crippen LogP contribution in [0.4, 0.5) is 5.69 Å². The van der Waals surface area contributed by atoms with Crippen LogP contribution in [0.5, 0.6) is 0 Å². The van der Waals surface area contributed by atoms with E-state index < -0.39 is 0 Å². The number of carbonyl (C=O) groups excluding carboxylic acids is 1. The average molecular weight is 224 g/mol. The van der Waals surface area contributed by atoms with E-state index in [1.807, 2.05) is 6.07 Å². The van der Waals surface area contributed by atoms with E-state index >= 15 is 0 Å². The van der Waals surface area contributed by atoms with Gasteiger partial charge in [-0.2, -0.15) is 4.74 Å². The topological polar surface area (TPSA) is 56.0 Å². The van der Waals surface area contributed by atoms with Gasteiger partial charge in [-0.15, -0.1) is 0 Å². The highest BCUT2D eigenvalue weighted by Gasteiger charge is 2.37. The van der Waals surface area contributed by atoms with Crippen molar-refractivity contribution in [2.24, 2.45) is 0 Å². The predicted octanol–water partition coefficient (Wildman–Crippen LogP) is 1.91. The van der Waals surface area contributed by atoms with Crippen molar-refractivity contribution >= 4 is 17.2 Å². The van der Waals surface area contributed by atoms with E-state index in [2.05, 4.69) is 4.98 Å². The zero-order valence-electron chi connectivity index (χ0n) is 8.83. The van der Waals surface area contributed by atoms with E-state index in [4.69, 9.17) is 0 Å². The third-order valence-electron chi connectivity index (χ3n) is 2.69. The summed E-state index contributed by atoms with van der Waals surface area (Å²) in [6.45, 7) is 0. The lowest BCUT2D eigenvalue weighted by atomic mass is 10.1. The monoisotopic (exact) mass is 224 g/mol. The normalized spacial score (nSPS) is 14.0. The molecule has 2 aromatic rings. The van der Waals surface area contributed by atoms with Crippen LogP contribution in [0.25, 0.3) is 0 Å². The molecule has 0 saturated heterocycles. The Balaban J connectivity index is 2.22. The molecule has 4 heteroatoms. The number of Topliss-reactive ketones (excluding diaryl/α,β-unsaturated/α-hetero) is 1. The molecule has 3 rings (SSSR count). The maximum atomic E-state index is 12.1. The first-order valence-electron chi connectivity index (χ1n) is 5.18. The smallest absolute Gasteiger partial charge is 0.283 e. The number of benzene rings is 1. The number of hydrogen-bond acceptors (Lipinski definition) is 3. The van der Waals surface area contributed by atoms with Gasteiger partial charge in [-0.25, -0.2) is 4.98 Å². The fourth-order valence-corrected chi connectivity index (χ4v) is 1.90. The van der Waals surface area contributed by atoms with Crippen LogP contribution >= 0.6 is 0 Å². The third-order valence-corrected chi connectivity index (χ3v) is 2.69. The molecule has 0 N–H and O–H groups in total. The Morgan fingerprint density at radius 2 is 1.82 bits per heavy atom. The van der Waals surface area contributed by atoms with Gasteiger partial charge < -0.3 is 5.21 Å². The first kappa shape index (κ1) is 9.72. The molecule has 82 valence electrons. The lowest BCUT2D eigenvalue weighted by molar-refractivity contribution is -0.355. The largest absolute Gasteiger partial charge is 0.618 e. The Morgan fingerprint density at radius 3 is 2.53 bits per heavy atom. The molecule has 17 heavy (non-hydrogen) atoms. The van der Waals surface area contributed by atoms with Crippen molar-refractivity contribution in [3.8, 4) is 0 Å². The Hall–Kier alpha value is -2.49. The van der Waals surface area contributed by atoms with Gasteiger partial charge in [-0.1, -0.05) is 18.2 Å². The number of pyridine rings is 1. The second-order valence-corrected chi connectivity index (χ2v) is 3.71. The highest BCUT2D eigenvalue weighted by Crippen LogP contribution is 2.25. The molecule has 0 fully saturated rings. The third kappa shape index (κ3) is 1.34. The number of ketones is 1. The summed E-state index contributed by atoms with van der Waals surface area (Å²) in [4.78, 5) is 16.0. The number of hydrogen-bond donors (Lipinski definition) is 0. The SMILES string of the molecule is O=C1C(c2ccccc2)=[N+]([O-])c2cccnc21. The van der Waals surface area contributed by atoms with Crippen LogP contribution in [0.15, 0.2) is 48.7 Å². The molecular formula is C13H8N2O2. The zero-order chi connectivity index (χ0) is 11.8. The Bertz CT molecular complexity index is 633. The molecule has 1 aliphatic rings. The van der Waals surface area contributed by atoms with Gasteiger partial charge in [0.15, 0.2) is 5.69 Å². The molecule has 1 aliphatic heterocycles. The van der Waals surface area contributed by atoms with Gasteiger partial charge in [0.1, 0.15) is 0 Å². The molecule has 4 nitrogen and oxygen atoms in total. The van der Waals surface area contributed by atoms with Crippen LogP contribution in [0.3, 0.4) is 0 Å². The van der Waals surface area contributed by atoms with Crippen molar-refractivity contribution in [2.45, 2.75) is 0 Å². The maximum absolute atomic E-state index is 12.1. The summed E-state index contributed by atoms with van der Waals surface area (Å²) in [5.74, 6) is -0.318. The molecule has 2 heterocycles. The van der Waals surface area contributed by atoms with E-state index in [1.54, 1.807) is 36.4 Å². The quantitative estimate of drug-likeness (QED) is 0.549. The summed E-state index contributed by atoms with van der Waals surface area (Å²) >= 11 is 0. The first-order valence-corrected chi connectivity index (χ1v) is 5.18. The van der Waals surface area contributed by atoms with Gasteiger partial charge in [0.05, 0.1) is 5.56 Å². The summed E-state index contributed by atoms with van der Waals surface area (Å²) in [7, 11) is 0. The van der Waals surface area contributed by atoms with E-state index in [-0.39, 0.29) is 17.2 Å². The van der Waals surface area contributed by atoms with Gasteiger partial charge in [-0.3, -0.25) is 4.79 Å². The minimum atomic E-state index is -0.318. The van der Waals surface area contributed by atoms with Crippen molar-refractivity contribution in [1.82, 2.24) is 4.98 Å². The van der Waals surface area contributed by atoms with E-state index in [0.29, 0.717) is 16.0 Å². The summed E-state index contributed by atoms with van der Waals surface area (Å²) in [6, 6.07) is 12.1. The lowest BCUT2D eigenvalue weighted by Crippen LogP contribution is -2.16. The number of nitrogens with zero attached hydrogens (tertiary/aromatic N) is 2. The number of carbonyl (C=O) groups is 1. The summed E-state index contributed by atoms with van der Waals surface area (Å²) < 4.78 is 0.653. The molecule has 0 unspecified atom stereocenters. The summed E-state index contributed by atoms with van der Waals surface area (Å²) in [5.41, 5.74) is 1.29. The molecule has 0 atom stereocenters. The maximum Gasteiger partial charge on any atom is 0.283 e. The first-order chi connectivity index (χ1) is 8.29. The molecule has 0 aliphatic carbocycles. The molecular weight excluding hydrogens is 216 g/mol. The standard InChI is InChI=1S/C13H8N2O2/c16-13-11-10(7-4-8-14-11)15(17)12(13)9-5-2-1-3-6-9/h1-8H. The number of rotatable bonds is 1. The molecule has 1 aromatic carbocycles. The average Bonchev–Trinajstić information content (AvgIpc) is 2.64. The second kappa shape index (κ2) is 3.52. The molecule has 1 aromatic heterocycles. The fourth-order valence-electron chi connectivity index (χ4n) is 1.90. The van der Waals surface area contributed by atoms with Crippen LogP contribution in [0.1, 0.15) is 16.1 Å². The minimum absolute atomic E-state index is 0.138. The Labute approximate surface area is 97.4 Å². The highest BCUT2D eigenvalue weighted by molar-refractivity contribution is 6.51. The second-order valence-electron chi connectivity index (χ2n) is 3.71. The van der Waals surface area contributed by atoms with Gasteiger partial charge in [0, 0.05) is 12.3 Å². The molecule has 0 radical (unpaired) electrons. The van der Waals surface area contributed by atoms with Crippen molar-refractivity contribution in [2.75, 3.05) is 0 Å². The fraction of sp³-hybridized carbons (Fsp3) is 0. The minimum Gasteiger partial charge on any atom is -0.618 e. The van der Waals surface area contributed by atoms with E-state index in [9.17, 15) is 10.0 Å². The van der Waals surface area contributed by atoms with Crippen LogP contribution in [0.2, 0.25) is 0 Å². The van der Waals surface area contributed by atoms with E-state index in [1.165, 1.54) is 6.20 Å². The van der Waals surface area contributed by atoms with Gasteiger partial charge in [0.25, 0.3) is 11.5 Å². The molecule has 0 amide bonds. The van der Waals surface area contributed by atoms with Crippen LogP contribution < -0.4 is 0 Å². The van der Waals surface area contributed by atoms with Crippen molar-refractivity contribution in [3.05, 3.63) is 65.1 Å². The number of fused-ring (bicyclic) bond motifs is 1. The van der Waals surface area contributed by atoms with Crippen LogP contribution in [-0.2, 0) is 0 Å².